The Kier molecular flexibility index (Phi) is 4.71. The molecule has 0 unspecified atom stereocenters. The molecule has 0 aromatic carbocycles. The van der Waals surface area contributed by atoms with E-state index in [1.54, 1.807) is 30.3 Å². The number of fused-ring (bicyclic) bond motifs is 1. The zero-order valence-corrected chi connectivity index (χ0v) is 15.7. The number of pyridine rings is 1. The molecule has 1 N–H and O–H groups in total. The summed E-state index contributed by atoms with van der Waals surface area (Å²) in [7, 11) is 1.76. The summed E-state index contributed by atoms with van der Waals surface area (Å²) in [5.41, 5.74) is 3.36. The first-order valence-corrected chi connectivity index (χ1v) is 9.41. The van der Waals surface area contributed by atoms with Crippen molar-refractivity contribution in [2.45, 2.75) is 19.5 Å². The fourth-order valence-electron chi connectivity index (χ4n) is 3.26. The number of anilines is 1. The summed E-state index contributed by atoms with van der Waals surface area (Å²) in [6, 6.07) is 6.31. The predicted molar refractivity (Wildman–Crippen MR) is 102 cm³/mol. The van der Waals surface area contributed by atoms with Crippen LogP contribution >= 0.6 is 11.3 Å². The average molecular weight is 378 g/mol. The molecule has 0 saturated heterocycles. The van der Waals surface area contributed by atoms with Gasteiger partial charge in [0.05, 0.1) is 17.3 Å². The van der Waals surface area contributed by atoms with E-state index in [9.17, 15) is 10.1 Å². The van der Waals surface area contributed by atoms with Crippen molar-refractivity contribution in [3.8, 4) is 6.07 Å². The second kappa shape index (κ2) is 7.31. The van der Waals surface area contributed by atoms with Gasteiger partial charge < -0.3 is 5.32 Å². The Balaban J connectivity index is 1.53. The third-order valence-electron chi connectivity index (χ3n) is 4.60. The normalized spacial score (nSPS) is 13.8. The Morgan fingerprint density at radius 2 is 2.22 bits per heavy atom. The Morgan fingerprint density at radius 1 is 1.41 bits per heavy atom. The molecule has 0 fully saturated rings. The van der Waals surface area contributed by atoms with E-state index in [1.807, 2.05) is 12.1 Å². The number of nitrogens with one attached hydrogen (secondary N) is 1. The maximum Gasteiger partial charge on any atom is 0.259 e. The minimum atomic E-state index is -0.244. The molecule has 4 rings (SSSR count). The van der Waals surface area contributed by atoms with Crippen LogP contribution in [0.3, 0.4) is 0 Å². The van der Waals surface area contributed by atoms with Crippen molar-refractivity contribution in [3.63, 3.8) is 0 Å². The van der Waals surface area contributed by atoms with E-state index >= 15 is 0 Å². The highest BCUT2D eigenvalue weighted by Gasteiger charge is 2.25. The van der Waals surface area contributed by atoms with E-state index in [0.29, 0.717) is 16.1 Å². The quantitative estimate of drug-likeness (QED) is 0.754. The molecular weight excluding hydrogens is 360 g/mol. The van der Waals surface area contributed by atoms with Crippen molar-refractivity contribution < 1.29 is 4.79 Å². The van der Waals surface area contributed by atoms with Crippen molar-refractivity contribution in [2.24, 2.45) is 7.05 Å². The Labute approximate surface area is 160 Å². The molecule has 4 heterocycles. The highest BCUT2D eigenvalue weighted by molar-refractivity contribution is 7.16. The van der Waals surface area contributed by atoms with E-state index in [4.69, 9.17) is 0 Å². The Morgan fingerprint density at radius 3 is 2.93 bits per heavy atom. The van der Waals surface area contributed by atoms with Crippen molar-refractivity contribution in [2.75, 3.05) is 11.9 Å². The number of aromatic nitrogens is 3. The molecule has 0 aliphatic carbocycles. The van der Waals surface area contributed by atoms with Crippen LogP contribution in [-0.2, 0) is 26.6 Å². The van der Waals surface area contributed by atoms with Crippen LogP contribution in [0.25, 0.3) is 0 Å². The molecule has 1 aliphatic heterocycles. The van der Waals surface area contributed by atoms with Gasteiger partial charge in [0.2, 0.25) is 0 Å². The lowest BCUT2D eigenvalue weighted by Crippen LogP contribution is -2.29. The fourth-order valence-corrected chi connectivity index (χ4v) is 4.49. The lowest BCUT2D eigenvalue weighted by Gasteiger charge is -2.26. The second-order valence-electron chi connectivity index (χ2n) is 6.49. The molecule has 0 bridgehead atoms. The van der Waals surface area contributed by atoms with E-state index in [0.717, 1.165) is 36.5 Å². The molecule has 136 valence electrons. The molecule has 3 aromatic heterocycles. The maximum absolute atomic E-state index is 12.4. The number of rotatable bonds is 4. The summed E-state index contributed by atoms with van der Waals surface area (Å²) in [4.78, 5) is 20.0. The first-order valence-electron chi connectivity index (χ1n) is 8.60. The van der Waals surface area contributed by atoms with Gasteiger partial charge in [0, 0.05) is 50.1 Å². The van der Waals surface area contributed by atoms with Gasteiger partial charge in [-0.1, -0.05) is 0 Å². The number of hydrogen-bond donors (Lipinski definition) is 1. The van der Waals surface area contributed by atoms with Crippen LogP contribution in [0.4, 0.5) is 5.00 Å². The number of nitriles is 1. The molecule has 3 aromatic rings. The maximum atomic E-state index is 12.4. The Hall–Kier alpha value is -3.02. The zero-order chi connectivity index (χ0) is 18.8. The molecule has 0 radical (unpaired) electrons. The molecule has 7 nitrogen and oxygen atoms in total. The van der Waals surface area contributed by atoms with Crippen LogP contribution in [0.2, 0.25) is 0 Å². The number of carbonyl (C=O) groups is 1. The first kappa shape index (κ1) is 17.4. The zero-order valence-electron chi connectivity index (χ0n) is 14.8. The van der Waals surface area contributed by atoms with E-state index < -0.39 is 0 Å². The number of hydrogen-bond acceptors (Lipinski definition) is 6. The summed E-state index contributed by atoms with van der Waals surface area (Å²) < 4.78 is 1.58. The smallest absolute Gasteiger partial charge is 0.259 e. The van der Waals surface area contributed by atoms with Crippen LogP contribution in [-0.4, -0.2) is 32.1 Å². The third kappa shape index (κ3) is 3.60. The van der Waals surface area contributed by atoms with Crippen LogP contribution in [0.5, 0.6) is 0 Å². The van der Waals surface area contributed by atoms with Gasteiger partial charge in [-0.3, -0.25) is 19.4 Å². The van der Waals surface area contributed by atoms with Gasteiger partial charge in [-0.2, -0.15) is 10.4 Å². The van der Waals surface area contributed by atoms with Gasteiger partial charge in [0.15, 0.2) is 0 Å². The van der Waals surface area contributed by atoms with Gasteiger partial charge in [0.1, 0.15) is 11.1 Å². The summed E-state index contributed by atoms with van der Waals surface area (Å²) in [6.45, 7) is 2.51. The topological polar surface area (TPSA) is 86.8 Å². The van der Waals surface area contributed by atoms with Crippen molar-refractivity contribution in [1.82, 2.24) is 19.7 Å². The highest BCUT2D eigenvalue weighted by Crippen LogP contribution is 2.37. The highest BCUT2D eigenvalue weighted by atomic mass is 32.1. The van der Waals surface area contributed by atoms with Crippen LogP contribution < -0.4 is 5.32 Å². The minimum absolute atomic E-state index is 0.244. The minimum Gasteiger partial charge on any atom is -0.312 e. The molecule has 1 aliphatic rings. The monoisotopic (exact) mass is 378 g/mol. The number of nitrogens with zero attached hydrogens (tertiary/aromatic N) is 5. The standard InChI is InChI=1S/C19H18N6OS/c1-24-11-14(9-22-24)18(26)23-19-16(8-20)15-4-7-25(12-17(15)27-19)10-13-2-5-21-6-3-13/h2-3,5-6,9,11H,4,7,10,12H2,1H3,(H,23,26). The molecule has 1 amide bonds. The second-order valence-corrected chi connectivity index (χ2v) is 7.60. The molecule has 27 heavy (non-hydrogen) atoms. The average Bonchev–Trinajstić information content (AvgIpc) is 3.25. The predicted octanol–water partition coefficient (Wildman–Crippen LogP) is 2.56. The number of amides is 1. The van der Waals surface area contributed by atoms with Crippen molar-refractivity contribution in [3.05, 3.63) is 64.1 Å². The van der Waals surface area contributed by atoms with E-state index in [2.05, 4.69) is 26.4 Å². The molecule has 0 spiro atoms. The summed E-state index contributed by atoms with van der Waals surface area (Å²) in [5, 5.41) is 17.2. The molecule has 8 heteroatoms. The number of thiophene rings is 1. The van der Waals surface area contributed by atoms with Gasteiger partial charge in [-0.25, -0.2) is 0 Å². The van der Waals surface area contributed by atoms with Crippen molar-refractivity contribution in [1.29, 1.82) is 5.26 Å². The lowest BCUT2D eigenvalue weighted by molar-refractivity contribution is 0.102. The third-order valence-corrected chi connectivity index (χ3v) is 5.73. The van der Waals surface area contributed by atoms with Gasteiger partial charge in [-0.05, 0) is 29.7 Å². The van der Waals surface area contributed by atoms with Crippen LogP contribution in [0.15, 0.2) is 36.9 Å². The molecular formula is C19H18N6OS. The summed E-state index contributed by atoms with van der Waals surface area (Å²) in [5.74, 6) is -0.244. The fraction of sp³-hybridized carbons (Fsp3) is 0.263. The van der Waals surface area contributed by atoms with Gasteiger partial charge >= 0.3 is 0 Å². The summed E-state index contributed by atoms with van der Waals surface area (Å²) >= 11 is 1.49. The lowest BCUT2D eigenvalue weighted by atomic mass is 10.0. The molecule has 0 saturated carbocycles. The van der Waals surface area contributed by atoms with Gasteiger partial charge in [-0.15, -0.1) is 11.3 Å². The largest absolute Gasteiger partial charge is 0.312 e. The van der Waals surface area contributed by atoms with Gasteiger partial charge in [0.25, 0.3) is 5.91 Å². The summed E-state index contributed by atoms with van der Waals surface area (Å²) in [6.07, 6.45) is 7.59. The first-order chi connectivity index (χ1) is 13.1. The van der Waals surface area contributed by atoms with Crippen LogP contribution in [0.1, 0.15) is 31.9 Å². The number of aryl methyl sites for hydroxylation is 1. The SMILES string of the molecule is Cn1cc(C(=O)Nc2sc3c(c2C#N)CCN(Cc2ccncc2)C3)cn1. The number of carbonyl (C=O) groups excluding carboxylic acids is 1. The van der Waals surface area contributed by atoms with Crippen molar-refractivity contribution >= 4 is 22.2 Å². The van der Waals surface area contributed by atoms with E-state index in [1.165, 1.54) is 23.1 Å². The Bertz CT molecular complexity index is 1020. The van der Waals surface area contributed by atoms with E-state index in [-0.39, 0.29) is 5.91 Å². The molecule has 0 atom stereocenters. The van der Waals surface area contributed by atoms with Crippen LogP contribution in [0, 0.1) is 11.3 Å².